The van der Waals surface area contributed by atoms with Crippen molar-refractivity contribution >= 4 is 46.4 Å². The van der Waals surface area contributed by atoms with Crippen molar-refractivity contribution < 1.29 is 24.2 Å². The van der Waals surface area contributed by atoms with Crippen molar-refractivity contribution in [3.05, 3.63) is 51.1 Å². The van der Waals surface area contributed by atoms with Gasteiger partial charge in [0.15, 0.2) is 18.1 Å². The maximum absolute atomic E-state index is 10.9. The number of hydrogen-bond donors (Lipinski definition) is 3. The van der Waals surface area contributed by atoms with E-state index in [1.165, 1.54) is 19.2 Å². The molecule has 0 fully saturated rings. The average Bonchev–Trinajstić information content (AvgIpc) is 2.60. The van der Waals surface area contributed by atoms with Crippen molar-refractivity contribution in [2.45, 2.75) is 0 Å². The first-order valence-corrected chi connectivity index (χ1v) is 8.39. The van der Waals surface area contributed by atoms with Crippen molar-refractivity contribution in [3.8, 4) is 11.5 Å². The van der Waals surface area contributed by atoms with Crippen LogP contribution in [-0.2, 0) is 4.79 Å². The molecule has 0 radical (unpaired) electrons. The molecule has 8 nitrogen and oxygen atoms in total. The van der Waals surface area contributed by atoms with E-state index in [-0.39, 0.29) is 12.2 Å². The Morgan fingerprint density at radius 1 is 1.31 bits per heavy atom. The quantitative estimate of drug-likeness (QED) is 0.310. The van der Waals surface area contributed by atoms with Gasteiger partial charge in [-0.1, -0.05) is 0 Å². The zero-order valence-corrected chi connectivity index (χ0v) is 15.9. The molecule has 0 aliphatic carbocycles. The number of rotatable bonds is 8. The molecule has 0 aliphatic heterocycles. The van der Waals surface area contributed by atoms with Gasteiger partial charge in [-0.15, -0.1) is 0 Å². The van der Waals surface area contributed by atoms with Crippen LogP contribution in [0.5, 0.6) is 11.5 Å². The van der Waals surface area contributed by atoms with E-state index in [4.69, 9.17) is 20.3 Å². The van der Waals surface area contributed by atoms with E-state index in [9.17, 15) is 9.59 Å². The van der Waals surface area contributed by atoms with E-state index in [0.717, 1.165) is 9.13 Å². The lowest BCUT2D eigenvalue weighted by atomic mass is 10.2. The minimum Gasteiger partial charge on any atom is -0.493 e. The second kappa shape index (κ2) is 9.04. The molecule has 0 aliphatic rings. The summed E-state index contributed by atoms with van der Waals surface area (Å²) in [5, 5.41) is 13.0. The Balaban J connectivity index is 2.10. The lowest BCUT2D eigenvalue weighted by Crippen LogP contribution is -2.20. The first-order valence-electron chi connectivity index (χ1n) is 7.31. The number of halogens is 1. The smallest absolute Gasteiger partial charge is 0.335 e. The topological polar surface area (TPSA) is 123 Å². The van der Waals surface area contributed by atoms with Crippen molar-refractivity contribution in [1.29, 1.82) is 0 Å². The molecular weight excluding hydrogens is 453 g/mol. The van der Waals surface area contributed by atoms with E-state index in [1.54, 1.807) is 30.5 Å². The highest BCUT2D eigenvalue weighted by Crippen LogP contribution is 2.33. The van der Waals surface area contributed by atoms with Gasteiger partial charge < -0.3 is 20.3 Å². The monoisotopic (exact) mass is 469 g/mol. The van der Waals surface area contributed by atoms with Gasteiger partial charge in [-0.3, -0.25) is 10.2 Å². The van der Waals surface area contributed by atoms with Crippen LogP contribution < -0.4 is 20.6 Å². The molecule has 0 bridgehead atoms. The zero-order valence-electron chi connectivity index (χ0n) is 13.7. The fourth-order valence-corrected chi connectivity index (χ4v) is 2.75. The second-order valence-electron chi connectivity index (χ2n) is 5.04. The number of nitrogens with zero attached hydrogens (tertiary/aromatic N) is 1. The molecule has 2 rings (SSSR count). The molecule has 0 unspecified atom stereocenters. The number of anilines is 1. The fourth-order valence-electron chi connectivity index (χ4n) is 1.97. The molecule has 1 amide bonds. The number of carbonyl (C=O) groups is 2. The number of carbonyl (C=O) groups excluding carboxylic acids is 1. The summed E-state index contributed by atoms with van der Waals surface area (Å²) >= 11 is 2.06. The Labute approximate surface area is 163 Å². The number of hydrazone groups is 1. The minimum atomic E-state index is -0.986. The molecule has 9 heteroatoms. The van der Waals surface area contributed by atoms with E-state index < -0.39 is 11.9 Å². The molecule has 4 N–H and O–H groups in total. The highest BCUT2D eigenvalue weighted by Gasteiger charge is 2.12. The predicted octanol–water partition coefficient (Wildman–Crippen LogP) is 2.31. The average molecular weight is 469 g/mol. The molecule has 0 heterocycles. The predicted molar refractivity (Wildman–Crippen MR) is 105 cm³/mol. The van der Waals surface area contributed by atoms with Crippen LogP contribution in [0.1, 0.15) is 15.9 Å². The summed E-state index contributed by atoms with van der Waals surface area (Å²) in [7, 11) is 1.49. The minimum absolute atomic E-state index is 0.199. The molecule has 0 atom stereocenters. The van der Waals surface area contributed by atoms with Gasteiger partial charge in [-0.25, -0.2) is 4.79 Å². The van der Waals surface area contributed by atoms with Crippen LogP contribution in [0, 0.1) is 3.57 Å². The van der Waals surface area contributed by atoms with Crippen LogP contribution >= 0.6 is 22.6 Å². The number of primary amides is 1. The molecule has 0 aromatic heterocycles. The summed E-state index contributed by atoms with van der Waals surface area (Å²) in [4.78, 5) is 21.7. The SMILES string of the molecule is COc1cc(/C=N/Nc2ccc(C(=O)O)cc2)cc(I)c1OCC(N)=O. The van der Waals surface area contributed by atoms with Gasteiger partial charge in [0, 0.05) is 0 Å². The maximum atomic E-state index is 10.9. The first-order chi connectivity index (χ1) is 12.4. The number of amides is 1. The number of methoxy groups -OCH3 is 1. The second-order valence-corrected chi connectivity index (χ2v) is 6.20. The summed E-state index contributed by atoms with van der Waals surface area (Å²) < 4.78 is 11.4. The number of benzene rings is 2. The van der Waals surface area contributed by atoms with Crippen LogP contribution in [0.4, 0.5) is 5.69 Å². The van der Waals surface area contributed by atoms with Crippen molar-refractivity contribution in [2.75, 3.05) is 19.1 Å². The number of nitrogens with two attached hydrogens (primary N) is 1. The van der Waals surface area contributed by atoms with Gasteiger partial charge in [0.25, 0.3) is 5.91 Å². The van der Waals surface area contributed by atoms with Gasteiger partial charge in [0.05, 0.1) is 28.1 Å². The summed E-state index contributed by atoms with van der Waals surface area (Å²) in [5.74, 6) is -0.682. The number of carboxylic acids is 1. The first kappa shape index (κ1) is 19.5. The van der Waals surface area contributed by atoms with Crippen molar-refractivity contribution in [1.82, 2.24) is 0 Å². The van der Waals surface area contributed by atoms with E-state index in [2.05, 4.69) is 33.1 Å². The molecule has 0 spiro atoms. The van der Waals surface area contributed by atoms with E-state index in [1.807, 2.05) is 0 Å². The molecule has 26 heavy (non-hydrogen) atoms. The van der Waals surface area contributed by atoms with Gasteiger partial charge >= 0.3 is 5.97 Å². The normalized spacial score (nSPS) is 10.5. The Morgan fingerprint density at radius 2 is 2.00 bits per heavy atom. The largest absolute Gasteiger partial charge is 0.493 e. The number of hydrogen-bond acceptors (Lipinski definition) is 6. The van der Waals surface area contributed by atoms with Gasteiger partial charge in [0.2, 0.25) is 0 Å². The van der Waals surface area contributed by atoms with E-state index >= 15 is 0 Å². The summed E-state index contributed by atoms with van der Waals surface area (Å²) in [6.45, 7) is -0.242. The third-order valence-electron chi connectivity index (χ3n) is 3.15. The summed E-state index contributed by atoms with van der Waals surface area (Å²) in [6, 6.07) is 9.71. The van der Waals surface area contributed by atoms with Crippen LogP contribution in [0.25, 0.3) is 0 Å². The molecule has 0 saturated carbocycles. The van der Waals surface area contributed by atoms with Gasteiger partial charge in [-0.05, 0) is 64.6 Å². The van der Waals surface area contributed by atoms with Crippen molar-refractivity contribution in [2.24, 2.45) is 10.8 Å². The molecule has 0 saturated heterocycles. The maximum Gasteiger partial charge on any atom is 0.335 e. The number of nitrogens with one attached hydrogen (secondary N) is 1. The number of carboxylic acid groups (broad SMARTS) is 1. The third kappa shape index (κ3) is 5.34. The lowest BCUT2D eigenvalue weighted by Gasteiger charge is -2.12. The molecular formula is C17H16IN3O5. The standard InChI is InChI=1S/C17H16IN3O5/c1-25-14-7-10(6-13(18)16(14)26-9-15(19)22)8-20-21-12-4-2-11(3-5-12)17(23)24/h2-8,21H,9H2,1H3,(H2,19,22)(H,23,24)/b20-8+. The van der Waals surface area contributed by atoms with Gasteiger partial charge in [-0.2, -0.15) is 5.10 Å². The Bertz CT molecular complexity index is 837. The third-order valence-corrected chi connectivity index (χ3v) is 3.95. The highest BCUT2D eigenvalue weighted by molar-refractivity contribution is 14.1. The summed E-state index contributed by atoms with van der Waals surface area (Å²) in [6.07, 6.45) is 1.58. The van der Waals surface area contributed by atoms with Crippen LogP contribution in [0.2, 0.25) is 0 Å². The zero-order chi connectivity index (χ0) is 19.1. The molecule has 2 aromatic rings. The molecule has 2 aromatic carbocycles. The van der Waals surface area contributed by atoms with Crippen molar-refractivity contribution in [3.63, 3.8) is 0 Å². The Kier molecular flexibility index (Phi) is 6.78. The number of ether oxygens (including phenoxy) is 2. The van der Waals surface area contributed by atoms with Gasteiger partial charge in [0.1, 0.15) is 0 Å². The molecule has 136 valence electrons. The van der Waals surface area contributed by atoms with Crippen LogP contribution in [-0.4, -0.2) is 36.9 Å². The van der Waals surface area contributed by atoms with Crippen LogP contribution in [0.3, 0.4) is 0 Å². The Hall–Kier alpha value is -2.82. The summed E-state index contributed by atoms with van der Waals surface area (Å²) in [5.41, 5.74) is 9.49. The number of aromatic carboxylic acids is 1. The lowest BCUT2D eigenvalue weighted by molar-refractivity contribution is -0.119. The van der Waals surface area contributed by atoms with E-state index in [0.29, 0.717) is 17.2 Å². The fraction of sp³-hybridized carbons (Fsp3) is 0.118. The highest BCUT2D eigenvalue weighted by atomic mass is 127. The Morgan fingerprint density at radius 3 is 2.58 bits per heavy atom. The van der Waals surface area contributed by atoms with Crippen LogP contribution in [0.15, 0.2) is 41.5 Å².